The predicted molar refractivity (Wildman–Crippen MR) is 83.0 cm³/mol. The second-order valence-corrected chi connectivity index (χ2v) is 8.25. The molecule has 9 heteroatoms. The Hall–Kier alpha value is -0.540. The van der Waals surface area contributed by atoms with Crippen molar-refractivity contribution in [1.82, 2.24) is 0 Å². The molecule has 2 aliphatic rings. The third kappa shape index (κ3) is 7.71. The molecule has 0 bridgehead atoms. The Morgan fingerprint density at radius 3 is 2.04 bits per heavy atom. The molecule has 0 radical (unpaired) electrons. The maximum atomic E-state index is 11.6. The van der Waals surface area contributed by atoms with Gasteiger partial charge < -0.3 is 4.55 Å². The highest BCUT2D eigenvalue weighted by atomic mass is 32.2. The van der Waals surface area contributed by atoms with Crippen LogP contribution in [0.3, 0.4) is 0 Å². The Morgan fingerprint density at radius 1 is 1.04 bits per heavy atom. The van der Waals surface area contributed by atoms with Gasteiger partial charge in [-0.3, -0.25) is 4.79 Å². The molecule has 0 heterocycles. The lowest BCUT2D eigenvalue weighted by Crippen LogP contribution is -2.21. The number of carbonyl (C=O) groups is 1. The van der Waals surface area contributed by atoms with Crippen LogP contribution in [0.1, 0.15) is 57.8 Å². The standard InChI is InChI=1S/C13H21OS.CHF3O3S/c14-12-8-4-5-9-13(12)15-10-11-6-2-1-3-7-11;2-1(3,4)8(5,6)7/h11H,1-10H2;(H,5,6,7)/q+1;/p-1. The summed E-state index contributed by atoms with van der Waals surface area (Å²) >= 11 is 1.88. The third-order valence-corrected chi connectivity index (χ3v) is 5.86. The van der Waals surface area contributed by atoms with Crippen molar-refractivity contribution in [3.05, 3.63) is 0 Å². The molecule has 23 heavy (non-hydrogen) atoms. The summed E-state index contributed by atoms with van der Waals surface area (Å²) in [6, 6.07) is 0. The summed E-state index contributed by atoms with van der Waals surface area (Å²) in [5.41, 5.74) is -5.65. The molecular formula is C14H21F3O4S2. The summed E-state index contributed by atoms with van der Waals surface area (Å²) < 4.78 is 58.9. The number of Topliss-reactive ketones (excluding diaryl/α,β-unsaturated/α-hetero) is 1. The van der Waals surface area contributed by atoms with Crippen LogP contribution in [0, 0.1) is 5.92 Å². The van der Waals surface area contributed by atoms with Crippen LogP contribution in [0.2, 0.25) is 0 Å². The van der Waals surface area contributed by atoms with Crippen LogP contribution in [-0.2, 0) is 26.3 Å². The van der Waals surface area contributed by atoms with E-state index in [2.05, 4.69) is 0 Å². The molecule has 0 aromatic carbocycles. The lowest BCUT2D eigenvalue weighted by Gasteiger charge is -2.16. The summed E-state index contributed by atoms with van der Waals surface area (Å²) in [6.07, 6.45) is 11.3. The Labute approximate surface area is 138 Å². The van der Waals surface area contributed by atoms with E-state index in [0.29, 0.717) is 5.78 Å². The summed E-state index contributed by atoms with van der Waals surface area (Å²) in [5.74, 6) is 2.55. The molecule has 0 aromatic heterocycles. The SMILES string of the molecule is O=C1CCCCC1=[S+]CC1CCCCC1.O=S(=O)([O-])C(F)(F)F. The summed E-state index contributed by atoms with van der Waals surface area (Å²) in [6.45, 7) is 0. The summed E-state index contributed by atoms with van der Waals surface area (Å²) in [5, 5.41) is 0. The van der Waals surface area contributed by atoms with Crippen LogP contribution in [-0.4, -0.2) is 34.9 Å². The van der Waals surface area contributed by atoms with Gasteiger partial charge in [-0.25, -0.2) is 8.42 Å². The Bertz CT molecular complexity index is 521. The van der Waals surface area contributed by atoms with E-state index in [-0.39, 0.29) is 0 Å². The van der Waals surface area contributed by atoms with E-state index in [9.17, 15) is 18.0 Å². The maximum absolute atomic E-state index is 11.6. The first-order valence-corrected chi connectivity index (χ1v) is 10.0. The molecule has 0 spiro atoms. The number of hydrogen-bond donors (Lipinski definition) is 0. The third-order valence-electron chi connectivity index (χ3n) is 3.87. The van der Waals surface area contributed by atoms with Gasteiger partial charge in [-0.2, -0.15) is 13.2 Å². The fourth-order valence-corrected chi connectivity index (χ4v) is 3.90. The smallest absolute Gasteiger partial charge is 0.485 e. The molecule has 0 atom stereocenters. The molecule has 4 nitrogen and oxygen atoms in total. The van der Waals surface area contributed by atoms with E-state index >= 15 is 0 Å². The number of rotatable bonds is 2. The molecule has 134 valence electrons. The monoisotopic (exact) mass is 374 g/mol. The molecule has 2 aliphatic carbocycles. The van der Waals surface area contributed by atoms with Gasteiger partial charge >= 0.3 is 5.51 Å². The van der Waals surface area contributed by atoms with E-state index < -0.39 is 15.6 Å². The van der Waals surface area contributed by atoms with E-state index in [1.807, 2.05) is 11.4 Å². The number of alkyl halides is 3. The Balaban J connectivity index is 0.000000284. The molecule has 0 amide bonds. The number of hydrogen-bond acceptors (Lipinski definition) is 4. The first kappa shape index (κ1) is 20.5. The quantitative estimate of drug-likeness (QED) is 0.322. The van der Waals surface area contributed by atoms with Crippen molar-refractivity contribution in [1.29, 1.82) is 0 Å². The van der Waals surface area contributed by atoms with Gasteiger partial charge in [-0.05, 0) is 25.7 Å². The van der Waals surface area contributed by atoms with E-state index in [4.69, 9.17) is 13.0 Å². The Morgan fingerprint density at radius 2 is 1.57 bits per heavy atom. The zero-order valence-corrected chi connectivity index (χ0v) is 14.4. The van der Waals surface area contributed by atoms with Crippen molar-refractivity contribution in [3.8, 4) is 0 Å². The van der Waals surface area contributed by atoms with Crippen LogP contribution >= 0.6 is 0 Å². The van der Waals surface area contributed by atoms with Gasteiger partial charge in [0.15, 0.2) is 27.2 Å². The van der Waals surface area contributed by atoms with Gasteiger partial charge in [0, 0.05) is 18.8 Å². The van der Waals surface area contributed by atoms with E-state index in [0.717, 1.165) is 25.2 Å². The van der Waals surface area contributed by atoms with Crippen molar-refractivity contribution >= 4 is 32.1 Å². The van der Waals surface area contributed by atoms with Gasteiger partial charge in [0.2, 0.25) is 10.6 Å². The minimum Gasteiger partial charge on any atom is -0.741 e. The van der Waals surface area contributed by atoms with Gasteiger partial charge in [-0.15, -0.1) is 0 Å². The van der Waals surface area contributed by atoms with Crippen molar-refractivity contribution < 1.29 is 30.9 Å². The van der Waals surface area contributed by atoms with Crippen LogP contribution < -0.4 is 0 Å². The Kier molecular flexibility index (Phi) is 8.09. The molecule has 0 aromatic rings. The highest BCUT2D eigenvalue weighted by Gasteiger charge is 2.36. The average Bonchev–Trinajstić information content (AvgIpc) is 2.46. The molecule has 2 fully saturated rings. The summed E-state index contributed by atoms with van der Waals surface area (Å²) in [4.78, 5) is 12.8. The van der Waals surface area contributed by atoms with Crippen LogP contribution in [0.4, 0.5) is 13.2 Å². The van der Waals surface area contributed by atoms with Crippen LogP contribution in [0.5, 0.6) is 0 Å². The number of ketones is 1. The fourth-order valence-electron chi connectivity index (χ4n) is 2.57. The minimum atomic E-state index is -6.09. The van der Waals surface area contributed by atoms with E-state index in [1.54, 1.807) is 0 Å². The van der Waals surface area contributed by atoms with Crippen molar-refractivity contribution in [2.75, 3.05) is 5.75 Å². The molecule has 0 saturated heterocycles. The normalized spacial score (nSPS) is 22.6. The zero-order valence-electron chi connectivity index (χ0n) is 12.7. The zero-order chi connectivity index (χ0) is 17.5. The number of carbonyl (C=O) groups excluding carboxylic acids is 1. The lowest BCUT2D eigenvalue weighted by molar-refractivity contribution is -0.113. The topological polar surface area (TPSA) is 74.3 Å². The predicted octanol–water partition coefficient (Wildman–Crippen LogP) is 3.02. The second-order valence-electron chi connectivity index (χ2n) is 5.77. The van der Waals surface area contributed by atoms with E-state index in [1.165, 1.54) is 49.1 Å². The first-order valence-electron chi connectivity index (χ1n) is 7.65. The summed E-state index contributed by atoms with van der Waals surface area (Å²) in [7, 11) is -6.09. The van der Waals surface area contributed by atoms with Crippen LogP contribution in [0.25, 0.3) is 0 Å². The molecule has 0 aliphatic heterocycles. The number of halogens is 3. The first-order chi connectivity index (χ1) is 10.6. The molecule has 0 N–H and O–H groups in total. The van der Waals surface area contributed by atoms with Gasteiger partial charge in [0.1, 0.15) is 0 Å². The maximum Gasteiger partial charge on any atom is 0.485 e. The van der Waals surface area contributed by atoms with Gasteiger partial charge in [0.05, 0.1) is 0 Å². The van der Waals surface area contributed by atoms with Crippen molar-refractivity contribution in [3.63, 3.8) is 0 Å². The average molecular weight is 374 g/mol. The van der Waals surface area contributed by atoms with Gasteiger partial charge in [0.25, 0.3) is 0 Å². The molecule has 2 rings (SSSR count). The highest BCUT2D eigenvalue weighted by Crippen LogP contribution is 2.23. The van der Waals surface area contributed by atoms with Gasteiger partial charge in [-0.1, -0.05) is 19.3 Å². The van der Waals surface area contributed by atoms with Crippen molar-refractivity contribution in [2.45, 2.75) is 63.3 Å². The fraction of sp³-hybridized carbons (Fsp3) is 0.857. The largest absolute Gasteiger partial charge is 0.741 e. The lowest BCUT2D eigenvalue weighted by atomic mass is 9.91. The molecular weight excluding hydrogens is 353 g/mol. The van der Waals surface area contributed by atoms with Crippen LogP contribution in [0.15, 0.2) is 0 Å². The second kappa shape index (κ2) is 9.08. The van der Waals surface area contributed by atoms with Crippen molar-refractivity contribution in [2.24, 2.45) is 5.92 Å². The molecule has 2 saturated carbocycles. The highest BCUT2D eigenvalue weighted by molar-refractivity contribution is 7.86. The molecule has 0 unspecified atom stereocenters. The minimum absolute atomic E-state index is 0.446.